The van der Waals surface area contributed by atoms with Gasteiger partial charge in [0, 0.05) is 35.0 Å². The smallest absolute Gasteiger partial charge is 0.212 e. The molecule has 8 nitrogen and oxygen atoms in total. The molecule has 4 aromatic heterocycles. The van der Waals surface area contributed by atoms with Crippen molar-refractivity contribution in [1.82, 2.24) is 24.6 Å². The van der Waals surface area contributed by atoms with Crippen LogP contribution in [0.15, 0.2) is 36.9 Å². The highest BCUT2D eigenvalue weighted by Gasteiger charge is 2.15. The first-order valence-corrected chi connectivity index (χ1v) is 8.60. The lowest BCUT2D eigenvalue weighted by molar-refractivity contribution is -0.105. The molecule has 136 valence electrons. The summed E-state index contributed by atoms with van der Waals surface area (Å²) < 4.78 is 1.72. The average Bonchev–Trinajstić information content (AvgIpc) is 3.17. The summed E-state index contributed by atoms with van der Waals surface area (Å²) in [6.45, 7) is 3.90. The van der Waals surface area contributed by atoms with E-state index >= 15 is 0 Å². The van der Waals surface area contributed by atoms with E-state index in [-0.39, 0.29) is 0 Å². The molecule has 27 heavy (non-hydrogen) atoms. The summed E-state index contributed by atoms with van der Waals surface area (Å²) in [4.78, 5) is 23.8. The van der Waals surface area contributed by atoms with E-state index < -0.39 is 6.10 Å². The van der Waals surface area contributed by atoms with E-state index in [2.05, 4.69) is 25.4 Å². The van der Waals surface area contributed by atoms with E-state index in [1.54, 1.807) is 23.0 Å². The van der Waals surface area contributed by atoms with E-state index in [1.807, 2.05) is 26.0 Å². The van der Waals surface area contributed by atoms with Gasteiger partial charge in [-0.15, -0.1) is 0 Å². The molecule has 0 aliphatic rings. The molecule has 0 aromatic carbocycles. The number of nitrogens with zero attached hydrogens (tertiary/aromatic N) is 5. The number of hydrogen-bond donors (Lipinski definition) is 2. The Morgan fingerprint density at radius 2 is 2.04 bits per heavy atom. The zero-order chi connectivity index (χ0) is 19.0. The topological polar surface area (TPSA) is 105 Å². The van der Waals surface area contributed by atoms with Gasteiger partial charge < -0.3 is 10.4 Å². The quantitative estimate of drug-likeness (QED) is 0.529. The summed E-state index contributed by atoms with van der Waals surface area (Å²) in [5.74, 6) is 0.442. The lowest BCUT2D eigenvalue weighted by Gasteiger charge is -2.13. The van der Waals surface area contributed by atoms with Gasteiger partial charge in [0.25, 0.3) is 0 Å². The van der Waals surface area contributed by atoms with Crippen LogP contribution in [0.2, 0.25) is 0 Å². The molecule has 1 unspecified atom stereocenters. The predicted molar refractivity (Wildman–Crippen MR) is 101 cm³/mol. The summed E-state index contributed by atoms with van der Waals surface area (Å²) in [6.07, 6.45) is 5.56. The number of aliphatic hydroxyl groups is 1. The van der Waals surface area contributed by atoms with Crippen molar-refractivity contribution >= 4 is 28.8 Å². The highest BCUT2D eigenvalue weighted by molar-refractivity contribution is 5.92. The SMILES string of the molecule is CCC(O)c1cc(C)c(-c2cc3cnc(NC=O)cc3n3ncnc23)cn1. The predicted octanol–water partition coefficient (Wildman–Crippen LogP) is 2.66. The second kappa shape index (κ2) is 6.73. The number of carbonyl (C=O) groups is 1. The fourth-order valence-electron chi connectivity index (χ4n) is 3.16. The maximum Gasteiger partial charge on any atom is 0.212 e. The number of fused-ring (bicyclic) bond motifs is 3. The van der Waals surface area contributed by atoms with Crippen molar-refractivity contribution in [2.24, 2.45) is 0 Å². The second-order valence-electron chi connectivity index (χ2n) is 6.29. The van der Waals surface area contributed by atoms with Crippen molar-refractivity contribution in [2.45, 2.75) is 26.4 Å². The van der Waals surface area contributed by atoms with Gasteiger partial charge in [0.05, 0.1) is 17.3 Å². The van der Waals surface area contributed by atoms with Gasteiger partial charge in [0.2, 0.25) is 6.41 Å². The number of carbonyl (C=O) groups excluding carboxylic acids is 1. The molecule has 0 bridgehead atoms. The lowest BCUT2D eigenvalue weighted by Crippen LogP contribution is -2.02. The third-order valence-electron chi connectivity index (χ3n) is 4.59. The molecule has 0 aliphatic carbocycles. The van der Waals surface area contributed by atoms with Gasteiger partial charge in [-0.2, -0.15) is 5.10 Å². The molecule has 0 saturated carbocycles. The van der Waals surface area contributed by atoms with Crippen molar-refractivity contribution < 1.29 is 9.90 Å². The summed E-state index contributed by atoms with van der Waals surface area (Å²) in [7, 11) is 0. The Hall–Kier alpha value is -3.39. The van der Waals surface area contributed by atoms with Gasteiger partial charge in [0.15, 0.2) is 5.65 Å². The first-order valence-electron chi connectivity index (χ1n) is 8.60. The molecule has 0 fully saturated rings. The molecule has 0 saturated heterocycles. The Labute approximate surface area is 154 Å². The first-order chi connectivity index (χ1) is 13.1. The highest BCUT2D eigenvalue weighted by atomic mass is 16.3. The Kier molecular flexibility index (Phi) is 4.25. The van der Waals surface area contributed by atoms with Crippen molar-refractivity contribution in [3.63, 3.8) is 0 Å². The zero-order valence-electron chi connectivity index (χ0n) is 14.9. The van der Waals surface area contributed by atoms with E-state index in [4.69, 9.17) is 0 Å². The average molecular weight is 362 g/mol. The molecule has 4 rings (SSSR count). The van der Waals surface area contributed by atoms with Crippen molar-refractivity contribution in [3.8, 4) is 11.1 Å². The lowest BCUT2D eigenvalue weighted by atomic mass is 10.0. The number of nitrogens with one attached hydrogen (secondary N) is 1. The fourth-order valence-corrected chi connectivity index (χ4v) is 3.16. The molecule has 0 radical (unpaired) electrons. The monoisotopic (exact) mass is 362 g/mol. The van der Waals surface area contributed by atoms with Crippen LogP contribution in [-0.2, 0) is 4.79 Å². The fraction of sp³-hybridized carbons (Fsp3) is 0.211. The van der Waals surface area contributed by atoms with Gasteiger partial charge in [-0.05, 0) is 31.0 Å². The maximum atomic E-state index is 10.7. The molecule has 4 heterocycles. The molecule has 1 amide bonds. The minimum Gasteiger partial charge on any atom is -0.387 e. The van der Waals surface area contributed by atoms with Crippen molar-refractivity contribution in [3.05, 3.63) is 48.2 Å². The number of anilines is 1. The van der Waals surface area contributed by atoms with Crippen molar-refractivity contribution in [1.29, 1.82) is 0 Å². The minimum atomic E-state index is -0.574. The Balaban J connectivity index is 1.93. The van der Waals surface area contributed by atoms with E-state index in [0.29, 0.717) is 30.0 Å². The second-order valence-corrected chi connectivity index (χ2v) is 6.29. The van der Waals surface area contributed by atoms with Crippen LogP contribution in [0.5, 0.6) is 0 Å². The van der Waals surface area contributed by atoms with Crippen LogP contribution in [0, 0.1) is 6.92 Å². The molecule has 1 atom stereocenters. The number of aliphatic hydroxyl groups excluding tert-OH is 1. The van der Waals surface area contributed by atoms with Gasteiger partial charge in [-0.25, -0.2) is 14.5 Å². The van der Waals surface area contributed by atoms with Crippen LogP contribution < -0.4 is 5.32 Å². The number of aryl methyl sites for hydroxylation is 1. The van der Waals surface area contributed by atoms with Crippen LogP contribution in [0.4, 0.5) is 5.82 Å². The third kappa shape index (κ3) is 2.89. The van der Waals surface area contributed by atoms with Crippen molar-refractivity contribution in [2.75, 3.05) is 5.32 Å². The van der Waals surface area contributed by atoms with Gasteiger partial charge in [0.1, 0.15) is 12.1 Å². The molecule has 4 aromatic rings. The van der Waals surface area contributed by atoms with Crippen LogP contribution in [0.3, 0.4) is 0 Å². The first kappa shape index (κ1) is 17.0. The van der Waals surface area contributed by atoms with Gasteiger partial charge >= 0.3 is 0 Å². The summed E-state index contributed by atoms with van der Waals surface area (Å²) >= 11 is 0. The Morgan fingerprint density at radius 3 is 2.78 bits per heavy atom. The van der Waals surface area contributed by atoms with Crippen LogP contribution in [0.1, 0.15) is 30.7 Å². The van der Waals surface area contributed by atoms with Crippen LogP contribution in [0.25, 0.3) is 27.7 Å². The molecule has 2 N–H and O–H groups in total. The third-order valence-corrected chi connectivity index (χ3v) is 4.59. The Bertz CT molecular complexity index is 1150. The van der Waals surface area contributed by atoms with E-state index in [1.165, 1.54) is 6.33 Å². The number of pyridine rings is 3. The maximum absolute atomic E-state index is 10.7. The number of hydrogen-bond acceptors (Lipinski definition) is 6. The molecule has 0 spiro atoms. The van der Waals surface area contributed by atoms with Crippen LogP contribution >= 0.6 is 0 Å². The number of aromatic nitrogens is 5. The van der Waals surface area contributed by atoms with Gasteiger partial charge in [-0.3, -0.25) is 9.78 Å². The van der Waals surface area contributed by atoms with Crippen LogP contribution in [-0.4, -0.2) is 36.1 Å². The summed E-state index contributed by atoms with van der Waals surface area (Å²) in [6, 6.07) is 5.63. The standard InChI is InChI=1S/C19H18N6O2/c1-3-17(27)15-4-11(2)14(8-20-15)13-5-12-7-21-18(23-10-26)6-16(12)25-19(13)22-9-24-25/h4-10,17,27H,3H2,1-2H3,(H,21,23,26). The molecule has 8 heteroatoms. The molecular formula is C19H18N6O2. The number of rotatable bonds is 5. The van der Waals surface area contributed by atoms with E-state index in [0.717, 1.165) is 27.6 Å². The summed E-state index contributed by atoms with van der Waals surface area (Å²) in [5.41, 5.74) is 4.90. The Morgan fingerprint density at radius 1 is 1.19 bits per heavy atom. The molecule has 0 aliphatic heterocycles. The molecular weight excluding hydrogens is 344 g/mol. The number of amides is 1. The zero-order valence-corrected chi connectivity index (χ0v) is 14.9. The highest BCUT2D eigenvalue weighted by Crippen LogP contribution is 2.31. The minimum absolute atomic E-state index is 0.442. The van der Waals surface area contributed by atoms with E-state index in [9.17, 15) is 9.90 Å². The summed E-state index contributed by atoms with van der Waals surface area (Å²) in [5, 5.41) is 17.8. The largest absolute Gasteiger partial charge is 0.387 e. The normalized spacial score (nSPS) is 12.4. The van der Waals surface area contributed by atoms with Gasteiger partial charge in [-0.1, -0.05) is 6.92 Å².